The predicted octanol–water partition coefficient (Wildman–Crippen LogP) is 13.7. The van der Waals surface area contributed by atoms with Gasteiger partial charge in [0.2, 0.25) is 13.4 Å². The van der Waals surface area contributed by atoms with E-state index in [0.29, 0.717) is 0 Å². The van der Waals surface area contributed by atoms with Gasteiger partial charge in [0.1, 0.15) is 11.5 Å². The van der Waals surface area contributed by atoms with Crippen LogP contribution in [-0.4, -0.2) is 27.6 Å². The molecule has 0 amide bonds. The summed E-state index contributed by atoms with van der Waals surface area (Å²) in [5, 5.41) is 7.89. The summed E-state index contributed by atoms with van der Waals surface area (Å²) in [7, 11) is 3.63. The molecule has 6 heteroatoms. The number of methoxy groups -OCH3 is 2. The Balaban J connectivity index is 1.15. The molecule has 76 heavy (non-hydrogen) atoms. The quantitative estimate of drug-likeness (QED) is 0.122. The molecule has 0 unspecified atom stereocenters. The number of hydrogen-bond acceptors (Lipinski definition) is 4. The van der Waals surface area contributed by atoms with Gasteiger partial charge in [0.15, 0.2) is 0 Å². The highest BCUT2D eigenvalue weighted by Gasteiger charge is 2.46. The molecule has 12 aromatic carbocycles. The Kier molecular flexibility index (Phi) is 9.01. The lowest BCUT2D eigenvalue weighted by molar-refractivity contribution is 0.415. The van der Waals surface area contributed by atoms with E-state index in [4.69, 9.17) is 9.47 Å². The van der Waals surface area contributed by atoms with Gasteiger partial charge < -0.3 is 19.3 Å². The molecule has 0 aromatic heterocycles. The Morgan fingerprint density at radius 1 is 0.316 bits per heavy atom. The minimum Gasteiger partial charge on any atom is -0.497 e. The molecule has 358 valence electrons. The number of ether oxygens (including phenoxy) is 2. The van der Waals surface area contributed by atoms with Gasteiger partial charge >= 0.3 is 0 Å². The molecule has 0 aliphatic carbocycles. The molecule has 0 saturated heterocycles. The van der Waals surface area contributed by atoms with E-state index in [-0.39, 0.29) is 13.4 Å². The number of aryl methyl sites for hydroxylation is 4. The van der Waals surface area contributed by atoms with E-state index in [2.05, 4.69) is 232 Å². The van der Waals surface area contributed by atoms with E-state index >= 15 is 0 Å². The second-order valence-electron chi connectivity index (χ2n) is 21.5. The summed E-state index contributed by atoms with van der Waals surface area (Å²) in [6.45, 7) is 9.06. The van der Waals surface area contributed by atoms with Crippen LogP contribution in [0.25, 0.3) is 76.8 Å². The standard InChI is InChI=1S/C70H50B2N2O2/c1-39-19-17-20-40(2)63(39)47-35-49-53-31-45(75-5)33-61-69(53)72(56-28-14-16-30-60(56)73(61)43-23-9-7-10-24-43)58-38-52-48(64-41(3)21-18-22-42(64)4)36-50-54-32-46(76-6)34-62-70(54)71(57-37-51(47)67(65(49)58)68(52)66(50)57)55-27-13-15-29-59(55)74(62)44-25-11-8-12-26-44/h7-38H,1-6H3. The van der Waals surface area contributed by atoms with E-state index in [9.17, 15) is 0 Å². The first-order chi connectivity index (χ1) is 37.3. The summed E-state index contributed by atoms with van der Waals surface area (Å²) in [6.07, 6.45) is 0. The van der Waals surface area contributed by atoms with Crippen molar-refractivity contribution >= 4 is 113 Å². The van der Waals surface area contributed by atoms with E-state index in [0.717, 1.165) is 34.2 Å². The highest BCUT2D eigenvalue weighted by atomic mass is 16.5. The van der Waals surface area contributed by atoms with Crippen LogP contribution in [-0.2, 0) is 0 Å². The lowest BCUT2D eigenvalue weighted by Gasteiger charge is -2.42. The van der Waals surface area contributed by atoms with E-state index in [1.54, 1.807) is 0 Å². The van der Waals surface area contributed by atoms with Crippen LogP contribution in [0, 0.1) is 27.7 Å². The van der Waals surface area contributed by atoms with Crippen LogP contribution in [0.1, 0.15) is 22.3 Å². The monoisotopic (exact) mass is 972 g/mol. The smallest absolute Gasteiger partial charge is 0.248 e. The maximum absolute atomic E-state index is 6.36. The van der Waals surface area contributed by atoms with E-state index in [1.165, 1.54) is 143 Å². The average molecular weight is 973 g/mol. The zero-order valence-corrected chi connectivity index (χ0v) is 43.3. The largest absolute Gasteiger partial charge is 0.497 e. The molecule has 4 nitrogen and oxygen atoms in total. The number of para-hydroxylation sites is 4. The fourth-order valence-corrected chi connectivity index (χ4v) is 14.7. The lowest BCUT2D eigenvalue weighted by Crippen LogP contribution is -2.60. The summed E-state index contributed by atoms with van der Waals surface area (Å²) >= 11 is 0. The van der Waals surface area contributed by atoms with Gasteiger partial charge in [0.25, 0.3) is 0 Å². The van der Waals surface area contributed by atoms with Crippen LogP contribution in [0.2, 0.25) is 0 Å². The van der Waals surface area contributed by atoms with Gasteiger partial charge in [-0.15, -0.1) is 0 Å². The molecule has 0 spiro atoms. The second kappa shape index (κ2) is 15.8. The highest BCUT2D eigenvalue weighted by molar-refractivity contribution is 7.02. The molecular formula is C70H50B2N2O2. The van der Waals surface area contributed by atoms with Crippen LogP contribution < -0.4 is 52.1 Å². The topological polar surface area (TPSA) is 24.9 Å². The fourth-order valence-electron chi connectivity index (χ4n) is 14.7. The number of nitrogens with zero attached hydrogens (tertiary/aromatic N) is 2. The molecule has 4 aliphatic rings. The first kappa shape index (κ1) is 43.4. The van der Waals surface area contributed by atoms with Gasteiger partial charge in [-0.25, -0.2) is 0 Å². The van der Waals surface area contributed by atoms with Crippen molar-refractivity contribution in [2.45, 2.75) is 27.7 Å². The maximum Gasteiger partial charge on any atom is 0.248 e. The van der Waals surface area contributed by atoms with Gasteiger partial charge in [0, 0.05) is 46.3 Å². The van der Waals surface area contributed by atoms with E-state index in [1.807, 2.05) is 14.2 Å². The van der Waals surface area contributed by atoms with Crippen LogP contribution >= 0.6 is 0 Å². The maximum atomic E-state index is 6.36. The van der Waals surface area contributed by atoms with Gasteiger partial charge in [-0.3, -0.25) is 0 Å². The molecule has 0 radical (unpaired) electrons. The van der Waals surface area contributed by atoms with Crippen molar-refractivity contribution < 1.29 is 9.47 Å². The van der Waals surface area contributed by atoms with Gasteiger partial charge in [-0.2, -0.15) is 0 Å². The Morgan fingerprint density at radius 2 is 0.697 bits per heavy atom. The predicted molar refractivity (Wildman–Crippen MR) is 323 cm³/mol. The Morgan fingerprint density at radius 3 is 1.09 bits per heavy atom. The third kappa shape index (κ3) is 5.66. The summed E-state index contributed by atoms with van der Waals surface area (Å²) in [4.78, 5) is 4.93. The van der Waals surface area contributed by atoms with Gasteiger partial charge in [-0.05, 0) is 209 Å². The van der Waals surface area contributed by atoms with Crippen molar-refractivity contribution in [3.05, 3.63) is 216 Å². The highest BCUT2D eigenvalue weighted by Crippen LogP contribution is 2.54. The SMILES string of the molecule is COc1cc2c3c(c1)N(c1ccccc1)c1ccccc1B3c1cc3c(-c4c(C)cccc4C)cc4c5c(cc6c(-c7c(C)cccc7C)cc-2c1c6c35)B1c2ccccc2N(c2ccccc2)c2cc(OC)cc-4c21. The van der Waals surface area contributed by atoms with Crippen molar-refractivity contribution in [3.63, 3.8) is 0 Å². The zero-order valence-electron chi connectivity index (χ0n) is 43.3. The molecule has 4 heterocycles. The summed E-state index contributed by atoms with van der Waals surface area (Å²) in [5.41, 5.74) is 29.9. The van der Waals surface area contributed by atoms with Crippen LogP contribution in [0.3, 0.4) is 0 Å². The Labute approximate surface area is 443 Å². The van der Waals surface area contributed by atoms with Gasteiger partial charge in [-0.1, -0.05) is 132 Å². The minimum absolute atomic E-state index is 0.0585. The summed E-state index contributed by atoms with van der Waals surface area (Å²) in [5.74, 6) is 1.68. The second-order valence-corrected chi connectivity index (χ2v) is 21.5. The van der Waals surface area contributed by atoms with Crippen LogP contribution in [0.15, 0.2) is 194 Å². The number of anilines is 6. The number of rotatable bonds is 6. The van der Waals surface area contributed by atoms with Crippen LogP contribution in [0.5, 0.6) is 11.5 Å². The van der Waals surface area contributed by atoms with Crippen molar-refractivity contribution in [2.75, 3.05) is 24.0 Å². The first-order valence-corrected chi connectivity index (χ1v) is 26.6. The molecule has 0 fully saturated rings. The lowest BCUT2D eigenvalue weighted by atomic mass is 9.31. The minimum atomic E-state index is -0.0585. The number of fused-ring (bicyclic) bond motifs is 8. The molecule has 16 rings (SSSR count). The number of benzene rings is 12. The Bertz CT molecular complexity index is 4180. The number of hydrogen-bond donors (Lipinski definition) is 0. The molecule has 4 aliphatic heterocycles. The van der Waals surface area contributed by atoms with Gasteiger partial charge in [0.05, 0.1) is 14.2 Å². The summed E-state index contributed by atoms with van der Waals surface area (Å²) in [6, 6.07) is 73.2. The zero-order chi connectivity index (χ0) is 50.8. The molecule has 0 saturated carbocycles. The molecule has 12 aromatic rings. The van der Waals surface area contributed by atoms with E-state index < -0.39 is 0 Å². The molecule has 0 N–H and O–H groups in total. The normalized spacial score (nSPS) is 13.3. The third-order valence-corrected chi connectivity index (χ3v) is 17.7. The van der Waals surface area contributed by atoms with Crippen molar-refractivity contribution in [1.29, 1.82) is 0 Å². The van der Waals surface area contributed by atoms with Crippen molar-refractivity contribution in [2.24, 2.45) is 0 Å². The van der Waals surface area contributed by atoms with Crippen LogP contribution in [0.4, 0.5) is 34.1 Å². The summed E-state index contributed by atoms with van der Waals surface area (Å²) < 4.78 is 12.7. The Hall–Kier alpha value is -8.99. The first-order valence-electron chi connectivity index (χ1n) is 26.6. The van der Waals surface area contributed by atoms with Crippen molar-refractivity contribution in [3.8, 4) is 56.0 Å². The average Bonchev–Trinajstić information content (AvgIpc) is 3.45. The molecular weight excluding hydrogens is 922 g/mol. The fraction of sp³-hybridized carbons (Fsp3) is 0.0857. The molecule has 0 bridgehead atoms. The molecule has 0 atom stereocenters. The third-order valence-electron chi connectivity index (χ3n) is 17.7. The van der Waals surface area contributed by atoms with Crippen molar-refractivity contribution in [1.82, 2.24) is 0 Å².